The van der Waals surface area contributed by atoms with Gasteiger partial charge in [-0.2, -0.15) is 13.2 Å². The van der Waals surface area contributed by atoms with Crippen LogP contribution in [0.4, 0.5) is 17.6 Å². The largest absolute Gasteiger partial charge is 0.494 e. The minimum absolute atomic E-state index is 0.0232. The summed E-state index contributed by atoms with van der Waals surface area (Å²) in [5.41, 5.74) is 6.02. The van der Waals surface area contributed by atoms with Crippen molar-refractivity contribution in [2.45, 2.75) is 25.1 Å². The fourth-order valence-corrected chi connectivity index (χ4v) is 1.39. The number of alkyl halides is 3. The molecule has 0 amide bonds. The molecule has 1 aromatic rings. The summed E-state index contributed by atoms with van der Waals surface area (Å²) in [7, 11) is 1.28. The van der Waals surface area contributed by atoms with E-state index in [2.05, 4.69) is 0 Å². The van der Waals surface area contributed by atoms with E-state index in [0.717, 1.165) is 6.07 Å². The van der Waals surface area contributed by atoms with Gasteiger partial charge in [0.15, 0.2) is 11.6 Å². The molecular formula is C11H13F4NO. The minimum Gasteiger partial charge on any atom is -0.494 e. The Kier molecular flexibility index (Phi) is 4.34. The van der Waals surface area contributed by atoms with E-state index in [9.17, 15) is 17.6 Å². The summed E-state index contributed by atoms with van der Waals surface area (Å²) >= 11 is 0. The summed E-state index contributed by atoms with van der Waals surface area (Å²) < 4.78 is 53.8. The van der Waals surface area contributed by atoms with Gasteiger partial charge in [-0.15, -0.1) is 0 Å². The Morgan fingerprint density at radius 1 is 1.35 bits per heavy atom. The third kappa shape index (κ3) is 4.22. The summed E-state index contributed by atoms with van der Waals surface area (Å²) in [6.45, 7) is 0. The van der Waals surface area contributed by atoms with Gasteiger partial charge in [0.25, 0.3) is 0 Å². The van der Waals surface area contributed by atoms with Crippen molar-refractivity contribution in [3.05, 3.63) is 29.6 Å². The first kappa shape index (κ1) is 13.8. The molecule has 0 spiro atoms. The number of nitrogens with two attached hydrogens (primary N) is 1. The molecule has 2 nitrogen and oxygen atoms in total. The highest BCUT2D eigenvalue weighted by Crippen LogP contribution is 2.28. The van der Waals surface area contributed by atoms with Crippen molar-refractivity contribution in [3.63, 3.8) is 0 Å². The summed E-state index contributed by atoms with van der Waals surface area (Å²) in [6, 6.07) is 3.02. The third-order valence-corrected chi connectivity index (χ3v) is 2.34. The number of hydrogen-bond donors (Lipinski definition) is 1. The van der Waals surface area contributed by atoms with Gasteiger partial charge in [0, 0.05) is 12.5 Å². The molecule has 0 aromatic heterocycles. The lowest BCUT2D eigenvalue weighted by atomic mass is 10.0. The van der Waals surface area contributed by atoms with Crippen molar-refractivity contribution in [2.24, 2.45) is 5.73 Å². The fourth-order valence-electron chi connectivity index (χ4n) is 1.39. The number of halogens is 4. The van der Waals surface area contributed by atoms with Crippen LogP contribution in [-0.4, -0.2) is 13.3 Å². The number of hydrogen-bond acceptors (Lipinski definition) is 2. The highest BCUT2D eigenvalue weighted by atomic mass is 19.4. The molecule has 0 bridgehead atoms. The van der Waals surface area contributed by atoms with Crippen LogP contribution in [0.3, 0.4) is 0 Å². The van der Waals surface area contributed by atoms with Gasteiger partial charge in [0.2, 0.25) is 0 Å². The second-order valence-corrected chi connectivity index (χ2v) is 3.65. The standard InChI is InChI=1S/C11H13F4NO/c1-17-10-6-7(2-3-8(10)12)9(16)4-5-11(13,14)15/h2-3,6,9H,4-5,16H2,1H3/t9-/m1/s1. The quantitative estimate of drug-likeness (QED) is 0.834. The van der Waals surface area contributed by atoms with E-state index in [-0.39, 0.29) is 12.2 Å². The van der Waals surface area contributed by atoms with Crippen LogP contribution in [0.1, 0.15) is 24.4 Å². The molecule has 0 aliphatic carbocycles. The fraction of sp³-hybridized carbons (Fsp3) is 0.455. The molecule has 0 fully saturated rings. The van der Waals surface area contributed by atoms with Crippen molar-refractivity contribution >= 4 is 0 Å². The molecule has 1 aromatic carbocycles. The van der Waals surface area contributed by atoms with Crippen molar-refractivity contribution in [3.8, 4) is 5.75 Å². The van der Waals surface area contributed by atoms with Crippen molar-refractivity contribution in [2.75, 3.05) is 7.11 Å². The number of benzene rings is 1. The lowest BCUT2D eigenvalue weighted by Crippen LogP contribution is -2.16. The predicted molar refractivity (Wildman–Crippen MR) is 55.2 cm³/mol. The Hall–Kier alpha value is -1.30. The third-order valence-electron chi connectivity index (χ3n) is 2.34. The second-order valence-electron chi connectivity index (χ2n) is 3.65. The first-order chi connectivity index (χ1) is 7.83. The zero-order chi connectivity index (χ0) is 13.1. The monoisotopic (exact) mass is 251 g/mol. The molecule has 0 unspecified atom stereocenters. The molecule has 1 atom stereocenters. The van der Waals surface area contributed by atoms with Gasteiger partial charge in [-0.1, -0.05) is 6.07 Å². The van der Waals surface area contributed by atoms with Crippen LogP contribution in [0.5, 0.6) is 5.75 Å². The van der Waals surface area contributed by atoms with Gasteiger partial charge < -0.3 is 10.5 Å². The van der Waals surface area contributed by atoms with E-state index >= 15 is 0 Å². The van der Waals surface area contributed by atoms with Crippen LogP contribution in [0, 0.1) is 5.82 Å². The van der Waals surface area contributed by atoms with E-state index in [0.29, 0.717) is 5.56 Å². The van der Waals surface area contributed by atoms with Gasteiger partial charge in [0.05, 0.1) is 7.11 Å². The Bertz CT molecular complexity index is 378. The van der Waals surface area contributed by atoms with E-state index in [1.165, 1.54) is 19.2 Å². The number of ether oxygens (including phenoxy) is 1. The molecule has 0 saturated carbocycles. The topological polar surface area (TPSA) is 35.2 Å². The van der Waals surface area contributed by atoms with E-state index in [4.69, 9.17) is 10.5 Å². The lowest BCUT2D eigenvalue weighted by Gasteiger charge is -2.14. The van der Waals surface area contributed by atoms with E-state index in [1.807, 2.05) is 0 Å². The molecule has 0 heterocycles. The van der Waals surface area contributed by atoms with Crippen molar-refractivity contribution in [1.82, 2.24) is 0 Å². The Labute approximate surface area is 96.4 Å². The Balaban J connectivity index is 2.72. The summed E-state index contributed by atoms with van der Waals surface area (Å²) in [6.07, 6.45) is -5.44. The smallest absolute Gasteiger partial charge is 0.389 e. The highest BCUT2D eigenvalue weighted by Gasteiger charge is 2.27. The van der Waals surface area contributed by atoms with Crippen LogP contribution >= 0.6 is 0 Å². The van der Waals surface area contributed by atoms with Gasteiger partial charge in [-0.3, -0.25) is 0 Å². The summed E-state index contributed by atoms with van der Waals surface area (Å²) in [5, 5.41) is 0. The van der Waals surface area contributed by atoms with Crippen LogP contribution in [0.25, 0.3) is 0 Å². The normalized spacial score (nSPS) is 13.5. The molecule has 96 valence electrons. The zero-order valence-corrected chi connectivity index (χ0v) is 9.22. The molecule has 6 heteroatoms. The average molecular weight is 251 g/mol. The Morgan fingerprint density at radius 3 is 2.53 bits per heavy atom. The molecule has 1 rings (SSSR count). The average Bonchev–Trinajstić information content (AvgIpc) is 2.25. The van der Waals surface area contributed by atoms with Crippen LogP contribution in [0.2, 0.25) is 0 Å². The SMILES string of the molecule is COc1cc([C@H](N)CCC(F)(F)F)ccc1F. The molecule has 0 aliphatic rings. The maximum absolute atomic E-state index is 13.1. The minimum atomic E-state index is -4.23. The van der Waals surface area contributed by atoms with E-state index in [1.54, 1.807) is 0 Å². The maximum Gasteiger partial charge on any atom is 0.389 e. The maximum atomic E-state index is 13.1. The van der Waals surface area contributed by atoms with E-state index < -0.39 is 24.5 Å². The van der Waals surface area contributed by atoms with Crippen molar-refractivity contribution in [1.29, 1.82) is 0 Å². The van der Waals surface area contributed by atoms with Gasteiger partial charge >= 0.3 is 6.18 Å². The van der Waals surface area contributed by atoms with Crippen LogP contribution < -0.4 is 10.5 Å². The zero-order valence-electron chi connectivity index (χ0n) is 9.22. The number of methoxy groups -OCH3 is 1. The molecule has 17 heavy (non-hydrogen) atoms. The van der Waals surface area contributed by atoms with Crippen molar-refractivity contribution < 1.29 is 22.3 Å². The highest BCUT2D eigenvalue weighted by molar-refractivity contribution is 5.31. The molecule has 2 N–H and O–H groups in total. The summed E-state index contributed by atoms with van der Waals surface area (Å²) in [5.74, 6) is -0.593. The van der Waals surface area contributed by atoms with Crippen LogP contribution in [-0.2, 0) is 0 Å². The molecule has 0 aliphatic heterocycles. The first-order valence-corrected chi connectivity index (χ1v) is 4.99. The molecular weight excluding hydrogens is 238 g/mol. The molecule has 0 radical (unpaired) electrons. The van der Waals surface area contributed by atoms with Gasteiger partial charge in [-0.25, -0.2) is 4.39 Å². The summed E-state index contributed by atoms with van der Waals surface area (Å²) in [4.78, 5) is 0. The van der Waals surface area contributed by atoms with Gasteiger partial charge in [0.1, 0.15) is 0 Å². The number of rotatable bonds is 4. The van der Waals surface area contributed by atoms with Gasteiger partial charge in [-0.05, 0) is 24.1 Å². The predicted octanol–water partition coefficient (Wildman–Crippen LogP) is 3.18. The first-order valence-electron chi connectivity index (χ1n) is 4.99. The lowest BCUT2D eigenvalue weighted by molar-refractivity contribution is -0.136. The molecule has 0 saturated heterocycles. The van der Waals surface area contributed by atoms with Crippen LogP contribution in [0.15, 0.2) is 18.2 Å². The Morgan fingerprint density at radius 2 is 2.00 bits per heavy atom. The second kappa shape index (κ2) is 5.35.